The fourth-order valence-corrected chi connectivity index (χ4v) is 2.63. The van der Waals surface area contributed by atoms with Crippen molar-refractivity contribution in [3.8, 4) is 11.5 Å². The SMILES string of the molecule is CCC(CC)N(CCO)C(=O)c1ccc2c(c1)OCCO2. The van der Waals surface area contributed by atoms with Crippen LogP contribution in [0.15, 0.2) is 18.2 Å². The van der Waals surface area contributed by atoms with Gasteiger partial charge in [0.25, 0.3) is 5.91 Å². The van der Waals surface area contributed by atoms with E-state index in [0.29, 0.717) is 36.8 Å². The average molecular weight is 293 g/mol. The molecule has 5 heteroatoms. The first kappa shape index (κ1) is 15.6. The van der Waals surface area contributed by atoms with E-state index in [2.05, 4.69) is 13.8 Å². The number of amides is 1. The predicted molar refractivity (Wildman–Crippen MR) is 79.9 cm³/mol. The summed E-state index contributed by atoms with van der Waals surface area (Å²) >= 11 is 0. The van der Waals surface area contributed by atoms with E-state index in [0.717, 1.165) is 12.8 Å². The molecule has 0 saturated carbocycles. The number of fused-ring (bicyclic) bond motifs is 1. The molecule has 116 valence electrons. The zero-order valence-corrected chi connectivity index (χ0v) is 12.7. The molecule has 0 atom stereocenters. The van der Waals surface area contributed by atoms with Crippen molar-refractivity contribution < 1.29 is 19.4 Å². The van der Waals surface area contributed by atoms with E-state index in [1.807, 2.05) is 0 Å². The fraction of sp³-hybridized carbons (Fsp3) is 0.562. The van der Waals surface area contributed by atoms with Gasteiger partial charge in [-0.15, -0.1) is 0 Å². The number of aliphatic hydroxyl groups is 1. The van der Waals surface area contributed by atoms with Crippen molar-refractivity contribution in [3.63, 3.8) is 0 Å². The van der Waals surface area contributed by atoms with Crippen LogP contribution >= 0.6 is 0 Å². The lowest BCUT2D eigenvalue weighted by Gasteiger charge is -2.30. The van der Waals surface area contributed by atoms with Crippen LogP contribution in [-0.4, -0.2) is 48.3 Å². The number of hydrogen-bond acceptors (Lipinski definition) is 4. The molecule has 0 radical (unpaired) electrons. The average Bonchev–Trinajstić information content (AvgIpc) is 2.54. The highest BCUT2D eigenvalue weighted by atomic mass is 16.6. The van der Waals surface area contributed by atoms with Crippen molar-refractivity contribution >= 4 is 5.91 Å². The van der Waals surface area contributed by atoms with Crippen LogP contribution in [0.3, 0.4) is 0 Å². The molecular weight excluding hydrogens is 270 g/mol. The molecule has 0 unspecified atom stereocenters. The molecule has 0 saturated heterocycles. The molecule has 1 aromatic carbocycles. The maximum absolute atomic E-state index is 12.7. The van der Waals surface area contributed by atoms with Gasteiger partial charge in [0.15, 0.2) is 11.5 Å². The highest BCUT2D eigenvalue weighted by Crippen LogP contribution is 2.31. The van der Waals surface area contributed by atoms with Gasteiger partial charge in [-0.25, -0.2) is 0 Å². The van der Waals surface area contributed by atoms with Crippen LogP contribution in [0, 0.1) is 0 Å². The summed E-state index contributed by atoms with van der Waals surface area (Å²) in [5.41, 5.74) is 0.569. The van der Waals surface area contributed by atoms with E-state index in [4.69, 9.17) is 9.47 Å². The van der Waals surface area contributed by atoms with Crippen molar-refractivity contribution in [1.29, 1.82) is 0 Å². The second kappa shape index (κ2) is 7.31. The fourth-order valence-electron chi connectivity index (χ4n) is 2.63. The summed E-state index contributed by atoms with van der Waals surface area (Å²) in [4.78, 5) is 14.4. The molecule has 21 heavy (non-hydrogen) atoms. The van der Waals surface area contributed by atoms with Crippen molar-refractivity contribution in [1.82, 2.24) is 4.90 Å². The maximum Gasteiger partial charge on any atom is 0.254 e. The van der Waals surface area contributed by atoms with Gasteiger partial charge in [-0.1, -0.05) is 13.8 Å². The van der Waals surface area contributed by atoms with Gasteiger partial charge in [-0.3, -0.25) is 4.79 Å². The van der Waals surface area contributed by atoms with E-state index in [9.17, 15) is 9.90 Å². The third-order valence-corrected chi connectivity index (χ3v) is 3.77. The Hall–Kier alpha value is -1.75. The minimum atomic E-state index is -0.0743. The van der Waals surface area contributed by atoms with Crippen LogP contribution in [0.2, 0.25) is 0 Å². The standard InChI is InChI=1S/C16H23NO4/c1-3-13(4-2)17(7-8-18)16(19)12-5-6-14-15(11-12)21-10-9-20-14/h5-6,11,13,18H,3-4,7-10H2,1-2H3. The molecule has 5 nitrogen and oxygen atoms in total. The van der Waals surface area contributed by atoms with Gasteiger partial charge in [0, 0.05) is 18.2 Å². The zero-order valence-electron chi connectivity index (χ0n) is 12.7. The van der Waals surface area contributed by atoms with E-state index < -0.39 is 0 Å². The summed E-state index contributed by atoms with van der Waals surface area (Å²) in [7, 11) is 0. The first-order valence-corrected chi connectivity index (χ1v) is 7.52. The normalized spacial score (nSPS) is 13.3. The molecule has 0 bridgehead atoms. The number of ether oxygens (including phenoxy) is 2. The molecular formula is C16H23NO4. The summed E-state index contributed by atoms with van der Waals surface area (Å²) in [6.07, 6.45) is 1.74. The number of carbonyl (C=O) groups is 1. The third-order valence-electron chi connectivity index (χ3n) is 3.77. The van der Waals surface area contributed by atoms with Gasteiger partial charge in [-0.2, -0.15) is 0 Å². The highest BCUT2D eigenvalue weighted by molar-refractivity contribution is 5.95. The monoisotopic (exact) mass is 293 g/mol. The highest BCUT2D eigenvalue weighted by Gasteiger charge is 2.23. The van der Waals surface area contributed by atoms with Gasteiger partial charge in [0.05, 0.1) is 6.61 Å². The third kappa shape index (κ3) is 3.47. The lowest BCUT2D eigenvalue weighted by Crippen LogP contribution is -2.41. The molecule has 1 N–H and O–H groups in total. The van der Waals surface area contributed by atoms with Crippen LogP contribution in [0.4, 0.5) is 0 Å². The second-order valence-electron chi connectivity index (χ2n) is 5.05. The van der Waals surface area contributed by atoms with Crippen molar-refractivity contribution in [2.24, 2.45) is 0 Å². The van der Waals surface area contributed by atoms with E-state index >= 15 is 0 Å². The number of aliphatic hydroxyl groups excluding tert-OH is 1. The zero-order chi connectivity index (χ0) is 15.2. The minimum absolute atomic E-state index is 0.0349. The van der Waals surface area contributed by atoms with Crippen LogP contribution in [-0.2, 0) is 0 Å². The summed E-state index contributed by atoms with van der Waals surface area (Å²) in [5.74, 6) is 1.21. The lowest BCUT2D eigenvalue weighted by atomic mass is 10.1. The summed E-state index contributed by atoms with van der Waals surface area (Å²) in [6, 6.07) is 5.38. The number of hydrogen-bond donors (Lipinski definition) is 1. The molecule has 0 aliphatic carbocycles. The van der Waals surface area contributed by atoms with Gasteiger partial charge in [0.1, 0.15) is 13.2 Å². The van der Waals surface area contributed by atoms with Gasteiger partial charge < -0.3 is 19.5 Å². The number of nitrogens with zero attached hydrogens (tertiary/aromatic N) is 1. The van der Waals surface area contributed by atoms with Crippen molar-refractivity contribution in [2.75, 3.05) is 26.4 Å². The van der Waals surface area contributed by atoms with E-state index in [1.54, 1.807) is 23.1 Å². The number of benzene rings is 1. The number of carbonyl (C=O) groups excluding carboxylic acids is 1. The van der Waals surface area contributed by atoms with Gasteiger partial charge in [0.2, 0.25) is 0 Å². The van der Waals surface area contributed by atoms with Gasteiger partial charge >= 0.3 is 0 Å². The van der Waals surface area contributed by atoms with Gasteiger partial charge in [-0.05, 0) is 31.0 Å². The molecule has 0 aromatic heterocycles. The quantitative estimate of drug-likeness (QED) is 0.872. The minimum Gasteiger partial charge on any atom is -0.486 e. The van der Waals surface area contributed by atoms with Crippen LogP contribution in [0.1, 0.15) is 37.0 Å². The first-order chi connectivity index (χ1) is 10.2. The first-order valence-electron chi connectivity index (χ1n) is 7.52. The smallest absolute Gasteiger partial charge is 0.254 e. The molecule has 1 aliphatic rings. The Morgan fingerprint density at radius 2 is 1.90 bits per heavy atom. The van der Waals surface area contributed by atoms with E-state index in [-0.39, 0.29) is 18.6 Å². The number of rotatable bonds is 6. The molecule has 1 aromatic rings. The Morgan fingerprint density at radius 3 is 2.52 bits per heavy atom. The lowest BCUT2D eigenvalue weighted by molar-refractivity contribution is 0.0621. The molecule has 1 amide bonds. The summed E-state index contributed by atoms with van der Waals surface area (Å²) in [5, 5.41) is 9.23. The molecule has 2 rings (SSSR count). The molecule has 0 fully saturated rings. The predicted octanol–water partition coefficient (Wildman–Crippen LogP) is 2.08. The summed E-state index contributed by atoms with van der Waals surface area (Å²) < 4.78 is 11.0. The Bertz CT molecular complexity index is 485. The summed E-state index contributed by atoms with van der Waals surface area (Å²) in [6.45, 7) is 5.44. The Balaban J connectivity index is 2.23. The van der Waals surface area contributed by atoms with Crippen molar-refractivity contribution in [3.05, 3.63) is 23.8 Å². The Labute approximate surface area is 125 Å². The van der Waals surface area contributed by atoms with Crippen LogP contribution < -0.4 is 9.47 Å². The van der Waals surface area contributed by atoms with Crippen molar-refractivity contribution in [2.45, 2.75) is 32.7 Å². The van der Waals surface area contributed by atoms with Crippen LogP contribution in [0.5, 0.6) is 11.5 Å². The second-order valence-corrected chi connectivity index (χ2v) is 5.05. The molecule has 0 spiro atoms. The largest absolute Gasteiger partial charge is 0.486 e. The molecule has 1 aliphatic heterocycles. The Morgan fingerprint density at radius 1 is 1.24 bits per heavy atom. The Kier molecular flexibility index (Phi) is 5.44. The van der Waals surface area contributed by atoms with E-state index in [1.165, 1.54) is 0 Å². The maximum atomic E-state index is 12.7. The topological polar surface area (TPSA) is 59.0 Å². The van der Waals surface area contributed by atoms with Crippen LogP contribution in [0.25, 0.3) is 0 Å². The molecule has 1 heterocycles.